The average Bonchev–Trinajstić information content (AvgIpc) is 3.03. The van der Waals surface area contributed by atoms with Crippen LogP contribution >= 0.6 is 0 Å². The smallest absolute Gasteiger partial charge is 0.128 e. The van der Waals surface area contributed by atoms with Crippen LogP contribution in [0.1, 0.15) is 12.8 Å². The molecule has 1 aliphatic heterocycles. The van der Waals surface area contributed by atoms with Crippen LogP contribution in [-0.4, -0.2) is 59.2 Å². The van der Waals surface area contributed by atoms with Crippen LogP contribution in [0.5, 0.6) is 5.75 Å². The highest BCUT2D eigenvalue weighted by atomic mass is 16.5. The monoisotopic (exact) mass is 330 g/mol. The molecule has 0 bridgehead atoms. The summed E-state index contributed by atoms with van der Waals surface area (Å²) in [6.45, 7) is 3.40. The number of nitrogens with zero attached hydrogens (tertiary/aromatic N) is 3. The summed E-state index contributed by atoms with van der Waals surface area (Å²) < 4.78 is 7.93. The first-order valence-corrected chi connectivity index (χ1v) is 8.51. The molecule has 0 amide bonds. The molecule has 1 aromatic heterocycles. The second kappa shape index (κ2) is 7.68. The molecule has 6 nitrogen and oxygen atoms in total. The van der Waals surface area contributed by atoms with Crippen molar-refractivity contribution in [2.24, 2.45) is 7.05 Å². The van der Waals surface area contributed by atoms with Crippen LogP contribution in [0.2, 0.25) is 0 Å². The van der Waals surface area contributed by atoms with E-state index >= 15 is 0 Å². The molecule has 1 saturated heterocycles. The van der Waals surface area contributed by atoms with Crippen molar-refractivity contribution in [3.63, 3.8) is 0 Å². The Balaban J connectivity index is 1.68. The Bertz CT molecular complexity index is 663. The third kappa shape index (κ3) is 3.88. The summed E-state index contributed by atoms with van der Waals surface area (Å²) in [5, 5.41) is 17.0. The molecule has 2 heterocycles. The van der Waals surface area contributed by atoms with Gasteiger partial charge in [-0.1, -0.05) is 0 Å². The fourth-order valence-corrected chi connectivity index (χ4v) is 3.08. The van der Waals surface area contributed by atoms with E-state index in [0.29, 0.717) is 6.61 Å². The molecule has 0 radical (unpaired) electrons. The topological polar surface area (TPSA) is 62.6 Å². The molecule has 0 aliphatic carbocycles. The van der Waals surface area contributed by atoms with E-state index in [9.17, 15) is 5.11 Å². The predicted molar refractivity (Wildman–Crippen MR) is 95.4 cm³/mol. The molecule has 0 spiro atoms. The van der Waals surface area contributed by atoms with Crippen LogP contribution in [0.4, 0.5) is 5.69 Å². The zero-order valence-corrected chi connectivity index (χ0v) is 14.4. The number of benzene rings is 1. The number of aliphatic hydroxyl groups is 1. The van der Waals surface area contributed by atoms with Gasteiger partial charge in [-0.25, -0.2) is 0 Å². The van der Waals surface area contributed by atoms with Crippen molar-refractivity contribution < 1.29 is 9.84 Å². The molecule has 1 aliphatic rings. The lowest BCUT2D eigenvalue weighted by atomic mass is 10.1. The zero-order chi connectivity index (χ0) is 16.9. The summed E-state index contributed by atoms with van der Waals surface area (Å²) in [5.41, 5.74) is 3.11. The lowest BCUT2D eigenvalue weighted by molar-refractivity contribution is 0.0755. The highest BCUT2D eigenvalue weighted by Gasteiger charge is 2.17. The standard InChI is InChI=1S/C18H26N4O2/c1-19-14-3-4-18(16(13-14)17-5-8-20-21(17)2)24-12-11-22-9-6-15(23)7-10-22/h3-5,8,13,15,19,23H,6-7,9-12H2,1-2H3. The first kappa shape index (κ1) is 16.8. The van der Waals surface area contributed by atoms with Crippen molar-refractivity contribution >= 4 is 5.69 Å². The predicted octanol–water partition coefficient (Wildman–Crippen LogP) is 1.96. The van der Waals surface area contributed by atoms with Crippen molar-refractivity contribution in [1.29, 1.82) is 0 Å². The van der Waals surface area contributed by atoms with Crippen molar-refractivity contribution in [3.8, 4) is 17.0 Å². The van der Waals surface area contributed by atoms with E-state index in [1.807, 2.05) is 37.0 Å². The van der Waals surface area contributed by atoms with E-state index in [1.165, 1.54) is 0 Å². The second-order valence-corrected chi connectivity index (χ2v) is 6.22. The van der Waals surface area contributed by atoms with E-state index in [0.717, 1.165) is 55.2 Å². The van der Waals surface area contributed by atoms with Crippen molar-refractivity contribution in [1.82, 2.24) is 14.7 Å². The molecule has 0 saturated carbocycles. The van der Waals surface area contributed by atoms with Crippen LogP contribution < -0.4 is 10.1 Å². The molecule has 0 atom stereocenters. The van der Waals surface area contributed by atoms with Crippen LogP contribution in [-0.2, 0) is 7.05 Å². The molecule has 0 unspecified atom stereocenters. The van der Waals surface area contributed by atoms with Gasteiger partial charge in [-0.2, -0.15) is 5.10 Å². The SMILES string of the molecule is CNc1ccc(OCCN2CCC(O)CC2)c(-c2ccnn2C)c1. The van der Waals surface area contributed by atoms with Gasteiger partial charge in [0.15, 0.2) is 0 Å². The van der Waals surface area contributed by atoms with E-state index < -0.39 is 0 Å². The number of hydrogen-bond donors (Lipinski definition) is 2. The quantitative estimate of drug-likeness (QED) is 0.848. The Morgan fingerprint density at radius 3 is 2.75 bits per heavy atom. The Labute approximate surface area is 143 Å². The van der Waals surface area contributed by atoms with Crippen molar-refractivity contribution in [2.45, 2.75) is 18.9 Å². The fraction of sp³-hybridized carbons (Fsp3) is 0.500. The maximum Gasteiger partial charge on any atom is 0.128 e. The highest BCUT2D eigenvalue weighted by molar-refractivity contribution is 5.72. The third-order valence-corrected chi connectivity index (χ3v) is 4.59. The average molecular weight is 330 g/mol. The van der Waals surface area contributed by atoms with Crippen LogP contribution in [0, 0.1) is 0 Å². The fourth-order valence-electron chi connectivity index (χ4n) is 3.08. The minimum Gasteiger partial charge on any atom is -0.492 e. The largest absolute Gasteiger partial charge is 0.492 e. The Morgan fingerprint density at radius 1 is 1.29 bits per heavy atom. The summed E-state index contributed by atoms with van der Waals surface area (Å²) in [6.07, 6.45) is 3.38. The summed E-state index contributed by atoms with van der Waals surface area (Å²) in [5.74, 6) is 0.870. The number of aliphatic hydroxyl groups excluding tert-OH is 1. The number of aromatic nitrogens is 2. The lowest BCUT2D eigenvalue weighted by Gasteiger charge is -2.29. The van der Waals surface area contributed by atoms with Crippen LogP contribution in [0.3, 0.4) is 0 Å². The molecule has 2 aromatic rings. The van der Waals surface area contributed by atoms with E-state index in [1.54, 1.807) is 6.20 Å². The summed E-state index contributed by atoms with van der Waals surface area (Å²) in [6, 6.07) is 8.11. The van der Waals surface area contributed by atoms with Crippen molar-refractivity contribution in [3.05, 3.63) is 30.5 Å². The van der Waals surface area contributed by atoms with Gasteiger partial charge in [0.1, 0.15) is 12.4 Å². The minimum atomic E-state index is -0.132. The van der Waals surface area contributed by atoms with Gasteiger partial charge < -0.3 is 15.2 Å². The minimum absolute atomic E-state index is 0.132. The van der Waals surface area contributed by atoms with Crippen LogP contribution in [0.25, 0.3) is 11.3 Å². The molecule has 2 N–H and O–H groups in total. The molecule has 1 aromatic carbocycles. The van der Waals surface area contributed by atoms with Gasteiger partial charge in [0, 0.05) is 51.2 Å². The number of nitrogens with one attached hydrogen (secondary N) is 1. The number of rotatable bonds is 6. The maximum absolute atomic E-state index is 9.58. The first-order chi connectivity index (χ1) is 11.7. The zero-order valence-electron chi connectivity index (χ0n) is 14.4. The number of piperidine rings is 1. The summed E-state index contributed by atoms with van der Waals surface area (Å²) in [7, 11) is 3.85. The van der Waals surface area contributed by atoms with Gasteiger partial charge >= 0.3 is 0 Å². The Kier molecular flexibility index (Phi) is 5.37. The molecular formula is C18H26N4O2. The second-order valence-electron chi connectivity index (χ2n) is 6.22. The Morgan fingerprint density at radius 2 is 2.08 bits per heavy atom. The summed E-state index contributed by atoms with van der Waals surface area (Å²) in [4.78, 5) is 2.35. The van der Waals surface area contributed by atoms with Gasteiger partial charge in [-0.05, 0) is 37.1 Å². The van der Waals surface area contributed by atoms with Crippen LogP contribution in [0.15, 0.2) is 30.5 Å². The molecule has 130 valence electrons. The third-order valence-electron chi connectivity index (χ3n) is 4.59. The van der Waals surface area contributed by atoms with E-state index in [-0.39, 0.29) is 6.10 Å². The van der Waals surface area contributed by atoms with E-state index in [4.69, 9.17) is 4.74 Å². The summed E-state index contributed by atoms with van der Waals surface area (Å²) >= 11 is 0. The van der Waals surface area contributed by atoms with Gasteiger partial charge in [0.25, 0.3) is 0 Å². The number of aryl methyl sites for hydroxylation is 1. The number of likely N-dealkylation sites (tertiary alicyclic amines) is 1. The molecule has 3 rings (SSSR count). The van der Waals surface area contributed by atoms with Gasteiger partial charge in [-0.15, -0.1) is 0 Å². The number of hydrogen-bond acceptors (Lipinski definition) is 5. The Hall–Kier alpha value is -2.05. The first-order valence-electron chi connectivity index (χ1n) is 8.51. The maximum atomic E-state index is 9.58. The molecule has 1 fully saturated rings. The molecule has 6 heteroatoms. The lowest BCUT2D eigenvalue weighted by Crippen LogP contribution is -2.38. The molecule has 24 heavy (non-hydrogen) atoms. The highest BCUT2D eigenvalue weighted by Crippen LogP contribution is 2.32. The normalized spacial score (nSPS) is 16.3. The van der Waals surface area contributed by atoms with E-state index in [2.05, 4.69) is 21.4 Å². The van der Waals surface area contributed by atoms with Gasteiger partial charge in [0.2, 0.25) is 0 Å². The van der Waals surface area contributed by atoms with Crippen molar-refractivity contribution in [2.75, 3.05) is 38.6 Å². The van der Waals surface area contributed by atoms with Gasteiger partial charge in [0.05, 0.1) is 11.8 Å². The van der Waals surface area contributed by atoms with Gasteiger partial charge in [-0.3, -0.25) is 9.58 Å². The number of ether oxygens (including phenoxy) is 1. The molecular weight excluding hydrogens is 304 g/mol. The number of anilines is 1.